The first kappa shape index (κ1) is 13.8. The van der Waals surface area contributed by atoms with Crippen LogP contribution in [0.2, 0.25) is 0 Å². The van der Waals surface area contributed by atoms with Crippen LogP contribution < -0.4 is 10.2 Å². The highest BCUT2D eigenvalue weighted by atomic mass is 32.2. The van der Waals surface area contributed by atoms with Crippen LogP contribution in [0.15, 0.2) is 29.4 Å². The smallest absolute Gasteiger partial charge is 0.207 e. The fourth-order valence-corrected chi connectivity index (χ4v) is 2.69. The number of imidazole rings is 1. The molecule has 2 heterocycles. The summed E-state index contributed by atoms with van der Waals surface area (Å²) < 4.78 is 1.69. The summed E-state index contributed by atoms with van der Waals surface area (Å²) in [5, 5.41) is 13.4. The fraction of sp³-hybridized carbons (Fsp3) is 0.286. The molecule has 7 heteroatoms. The SMILES string of the molecule is CCSc1nc(=Cc2ccc(N(C)C)cc2)c2nnnn12. The molecule has 6 nitrogen and oxygen atoms in total. The van der Waals surface area contributed by atoms with Gasteiger partial charge < -0.3 is 4.90 Å². The standard InChI is InChI=1S/C14H16N6S/c1-4-21-14-15-12(13-16-17-18-20(13)14)9-10-5-7-11(8-6-10)19(2)3/h5-9H,4H2,1-3H3. The van der Waals surface area contributed by atoms with Crippen molar-refractivity contribution in [3.63, 3.8) is 0 Å². The van der Waals surface area contributed by atoms with Gasteiger partial charge in [-0.15, -0.1) is 5.10 Å². The Kier molecular flexibility index (Phi) is 3.74. The molecule has 108 valence electrons. The summed E-state index contributed by atoms with van der Waals surface area (Å²) in [6, 6.07) is 8.29. The van der Waals surface area contributed by atoms with Gasteiger partial charge in [-0.3, -0.25) is 0 Å². The molecule has 0 unspecified atom stereocenters. The summed E-state index contributed by atoms with van der Waals surface area (Å²) in [6.07, 6.45) is 2.00. The molecule has 21 heavy (non-hydrogen) atoms. The molecule has 1 aromatic carbocycles. The lowest BCUT2D eigenvalue weighted by Crippen LogP contribution is -2.08. The first-order valence-corrected chi connectivity index (χ1v) is 7.67. The number of fused-ring (bicyclic) bond motifs is 1. The van der Waals surface area contributed by atoms with Crippen LogP contribution >= 0.6 is 11.8 Å². The summed E-state index contributed by atoms with van der Waals surface area (Å²) in [5.74, 6) is 0.933. The third-order valence-corrected chi connectivity index (χ3v) is 3.89. The molecule has 0 saturated heterocycles. The second kappa shape index (κ2) is 5.69. The maximum absolute atomic E-state index is 4.59. The number of benzene rings is 1. The highest BCUT2D eigenvalue weighted by molar-refractivity contribution is 7.99. The average molecular weight is 300 g/mol. The van der Waals surface area contributed by atoms with E-state index in [1.807, 2.05) is 20.2 Å². The fourth-order valence-electron chi connectivity index (χ4n) is 2.02. The van der Waals surface area contributed by atoms with Crippen LogP contribution in [0.5, 0.6) is 0 Å². The third-order valence-electron chi connectivity index (χ3n) is 3.08. The van der Waals surface area contributed by atoms with E-state index in [0.717, 1.165) is 21.8 Å². The van der Waals surface area contributed by atoms with Crippen molar-refractivity contribution >= 4 is 29.2 Å². The predicted octanol–water partition coefficient (Wildman–Crippen LogP) is 1.24. The van der Waals surface area contributed by atoms with Crippen molar-refractivity contribution in [3.8, 4) is 0 Å². The lowest BCUT2D eigenvalue weighted by molar-refractivity contribution is 0.751. The number of hydrogen-bond acceptors (Lipinski definition) is 6. The molecule has 0 fully saturated rings. The van der Waals surface area contributed by atoms with Crippen molar-refractivity contribution in [1.82, 2.24) is 25.0 Å². The molecule has 0 bridgehead atoms. The van der Waals surface area contributed by atoms with Gasteiger partial charge in [-0.1, -0.05) is 30.8 Å². The van der Waals surface area contributed by atoms with Crippen LogP contribution in [-0.4, -0.2) is 44.9 Å². The average Bonchev–Trinajstić information content (AvgIpc) is 3.05. The molecule has 0 aliphatic heterocycles. The Balaban J connectivity index is 2.04. The van der Waals surface area contributed by atoms with E-state index in [1.54, 1.807) is 16.3 Å². The van der Waals surface area contributed by atoms with Gasteiger partial charge in [0.2, 0.25) is 5.65 Å². The summed E-state index contributed by atoms with van der Waals surface area (Å²) >= 11 is 1.63. The number of aromatic nitrogens is 5. The molecule has 0 spiro atoms. The zero-order valence-electron chi connectivity index (χ0n) is 12.2. The maximum Gasteiger partial charge on any atom is 0.207 e. The summed E-state index contributed by atoms with van der Waals surface area (Å²) in [7, 11) is 4.05. The minimum absolute atomic E-state index is 0.697. The Labute approximate surface area is 126 Å². The van der Waals surface area contributed by atoms with Gasteiger partial charge >= 0.3 is 0 Å². The molecule has 0 N–H and O–H groups in total. The van der Waals surface area contributed by atoms with E-state index in [9.17, 15) is 0 Å². The van der Waals surface area contributed by atoms with Gasteiger partial charge in [0.25, 0.3) is 0 Å². The topological polar surface area (TPSA) is 59.2 Å². The van der Waals surface area contributed by atoms with Crippen molar-refractivity contribution in [3.05, 3.63) is 35.2 Å². The largest absolute Gasteiger partial charge is 0.378 e. The van der Waals surface area contributed by atoms with E-state index in [4.69, 9.17) is 0 Å². The molecular weight excluding hydrogens is 284 g/mol. The molecular formula is C14H16N6S. The van der Waals surface area contributed by atoms with Crippen molar-refractivity contribution in [1.29, 1.82) is 0 Å². The molecule has 0 radical (unpaired) electrons. The van der Waals surface area contributed by atoms with Crippen molar-refractivity contribution in [2.24, 2.45) is 0 Å². The van der Waals surface area contributed by atoms with Crippen molar-refractivity contribution in [2.75, 3.05) is 24.7 Å². The minimum Gasteiger partial charge on any atom is -0.378 e. The van der Waals surface area contributed by atoms with Gasteiger partial charge in [0.1, 0.15) is 5.35 Å². The number of nitrogens with zero attached hydrogens (tertiary/aromatic N) is 6. The van der Waals surface area contributed by atoms with E-state index < -0.39 is 0 Å². The quantitative estimate of drug-likeness (QED) is 0.676. The van der Waals surface area contributed by atoms with Gasteiger partial charge in [-0.25, -0.2) is 4.98 Å². The van der Waals surface area contributed by atoms with Gasteiger partial charge in [0.05, 0.1) is 0 Å². The van der Waals surface area contributed by atoms with Crippen molar-refractivity contribution < 1.29 is 0 Å². The Morgan fingerprint density at radius 3 is 2.67 bits per heavy atom. The molecule has 0 amide bonds. The maximum atomic E-state index is 4.59. The monoisotopic (exact) mass is 300 g/mol. The molecule has 3 aromatic rings. The molecule has 0 aliphatic carbocycles. The Bertz CT molecular complexity index is 793. The lowest BCUT2D eigenvalue weighted by Gasteiger charge is -2.11. The minimum atomic E-state index is 0.697. The molecule has 0 saturated carbocycles. The van der Waals surface area contributed by atoms with Gasteiger partial charge in [-0.2, -0.15) is 4.52 Å². The van der Waals surface area contributed by atoms with E-state index in [1.165, 1.54) is 5.69 Å². The third kappa shape index (κ3) is 2.69. The highest BCUT2D eigenvalue weighted by Crippen LogP contribution is 2.15. The molecule has 0 atom stereocenters. The number of tetrazole rings is 1. The molecule has 2 aromatic heterocycles. The Hall–Kier alpha value is -2.15. The van der Waals surface area contributed by atoms with E-state index in [-0.39, 0.29) is 0 Å². The van der Waals surface area contributed by atoms with Crippen molar-refractivity contribution in [2.45, 2.75) is 12.1 Å². The summed E-state index contributed by atoms with van der Waals surface area (Å²) in [5.41, 5.74) is 2.94. The Morgan fingerprint density at radius 2 is 2.00 bits per heavy atom. The molecule has 3 rings (SSSR count). The predicted molar refractivity (Wildman–Crippen MR) is 84.5 cm³/mol. The van der Waals surface area contributed by atoms with Gasteiger partial charge in [-0.05, 0) is 40.0 Å². The number of hydrogen-bond donors (Lipinski definition) is 0. The van der Waals surface area contributed by atoms with Gasteiger partial charge in [0, 0.05) is 19.8 Å². The van der Waals surface area contributed by atoms with Crippen LogP contribution in [0.4, 0.5) is 5.69 Å². The van der Waals surface area contributed by atoms with E-state index in [0.29, 0.717) is 5.65 Å². The van der Waals surface area contributed by atoms with Crippen LogP contribution in [-0.2, 0) is 0 Å². The Morgan fingerprint density at radius 1 is 1.24 bits per heavy atom. The highest BCUT2D eigenvalue weighted by Gasteiger charge is 2.10. The first-order valence-electron chi connectivity index (χ1n) is 6.68. The normalized spacial score (nSPS) is 12.2. The first-order chi connectivity index (χ1) is 10.2. The second-order valence-electron chi connectivity index (χ2n) is 4.76. The van der Waals surface area contributed by atoms with Gasteiger partial charge in [0.15, 0.2) is 5.16 Å². The van der Waals surface area contributed by atoms with Crippen LogP contribution in [0.1, 0.15) is 12.5 Å². The zero-order chi connectivity index (χ0) is 14.8. The van der Waals surface area contributed by atoms with Crippen LogP contribution in [0, 0.1) is 0 Å². The summed E-state index contributed by atoms with van der Waals surface area (Å²) in [4.78, 5) is 6.66. The van der Waals surface area contributed by atoms with E-state index in [2.05, 4.69) is 56.6 Å². The number of rotatable bonds is 4. The number of thioether (sulfide) groups is 1. The van der Waals surface area contributed by atoms with E-state index >= 15 is 0 Å². The zero-order valence-corrected chi connectivity index (χ0v) is 13.0. The molecule has 0 aliphatic rings. The second-order valence-corrected chi connectivity index (χ2v) is 5.99. The lowest BCUT2D eigenvalue weighted by atomic mass is 10.2. The van der Waals surface area contributed by atoms with Crippen LogP contribution in [0.25, 0.3) is 11.7 Å². The summed E-state index contributed by atoms with van der Waals surface area (Å²) in [6.45, 7) is 2.08. The van der Waals surface area contributed by atoms with Crippen LogP contribution in [0.3, 0.4) is 0 Å². The number of anilines is 1.